The van der Waals surface area contributed by atoms with Crippen molar-refractivity contribution in [2.24, 2.45) is 0 Å². The normalized spacial score (nSPS) is 17.7. The van der Waals surface area contributed by atoms with Crippen LogP contribution in [-0.2, 0) is 24.2 Å². The van der Waals surface area contributed by atoms with Crippen LogP contribution in [-0.4, -0.2) is 46.3 Å². The molecule has 2 aromatic heterocycles. The first-order chi connectivity index (χ1) is 11.7. The summed E-state index contributed by atoms with van der Waals surface area (Å²) in [6.45, 7) is 8.53. The largest absolute Gasteiger partial charge is 0.481 e. The molecule has 0 aromatic carbocycles. The fourth-order valence-corrected chi connectivity index (χ4v) is 3.29. The second-order valence-corrected chi connectivity index (χ2v) is 6.02. The van der Waals surface area contributed by atoms with Crippen LogP contribution in [0, 0.1) is 0 Å². The minimum Gasteiger partial charge on any atom is -0.481 e. The molecule has 1 aliphatic heterocycles. The third kappa shape index (κ3) is 3.44. The Morgan fingerprint density at radius 1 is 1.29 bits per heavy atom. The van der Waals surface area contributed by atoms with Gasteiger partial charge >= 0.3 is 0 Å². The molecule has 1 aliphatic rings. The summed E-state index contributed by atoms with van der Waals surface area (Å²) < 4.78 is 13.2. The first kappa shape index (κ1) is 16.9. The summed E-state index contributed by atoms with van der Waals surface area (Å²) in [6.07, 6.45) is 4.68. The molecule has 1 unspecified atom stereocenters. The van der Waals surface area contributed by atoms with Gasteiger partial charge in [0.1, 0.15) is 5.82 Å². The van der Waals surface area contributed by atoms with Gasteiger partial charge in [-0.15, -0.1) is 0 Å². The van der Waals surface area contributed by atoms with Gasteiger partial charge in [-0.3, -0.25) is 4.90 Å². The molecule has 0 saturated carbocycles. The summed E-state index contributed by atoms with van der Waals surface area (Å²) in [5.74, 6) is 1.84. The second-order valence-electron chi connectivity index (χ2n) is 6.02. The zero-order chi connectivity index (χ0) is 16.9. The van der Waals surface area contributed by atoms with Crippen molar-refractivity contribution in [1.82, 2.24) is 19.4 Å². The molecule has 0 bridgehead atoms. The summed E-state index contributed by atoms with van der Waals surface area (Å²) in [7, 11) is 1.67. The van der Waals surface area contributed by atoms with E-state index in [0.717, 1.165) is 50.7 Å². The lowest BCUT2D eigenvalue weighted by atomic mass is 10.1. The Morgan fingerprint density at radius 2 is 2.17 bits per heavy atom. The van der Waals surface area contributed by atoms with E-state index in [4.69, 9.17) is 9.47 Å². The van der Waals surface area contributed by atoms with Gasteiger partial charge in [0.05, 0.1) is 19.8 Å². The highest BCUT2D eigenvalue weighted by atomic mass is 16.5. The highest BCUT2D eigenvalue weighted by molar-refractivity contribution is 5.25. The summed E-state index contributed by atoms with van der Waals surface area (Å²) in [5.41, 5.74) is 2.38. The van der Waals surface area contributed by atoms with Crippen molar-refractivity contribution in [2.45, 2.75) is 39.4 Å². The van der Waals surface area contributed by atoms with Gasteiger partial charge in [0.25, 0.3) is 0 Å². The number of imidazole rings is 1. The molecule has 6 nitrogen and oxygen atoms in total. The smallest absolute Gasteiger partial charge is 0.217 e. The average molecular weight is 330 g/mol. The summed E-state index contributed by atoms with van der Waals surface area (Å²) in [4.78, 5) is 11.4. The van der Waals surface area contributed by atoms with E-state index in [-0.39, 0.29) is 6.04 Å². The summed E-state index contributed by atoms with van der Waals surface area (Å²) in [6, 6.07) is 4.30. The zero-order valence-corrected chi connectivity index (χ0v) is 14.7. The molecule has 0 N–H and O–H groups in total. The summed E-state index contributed by atoms with van der Waals surface area (Å²) in [5, 5.41) is 0. The van der Waals surface area contributed by atoms with E-state index in [9.17, 15) is 0 Å². The van der Waals surface area contributed by atoms with Crippen LogP contribution in [0.2, 0.25) is 0 Å². The number of ether oxygens (including phenoxy) is 2. The zero-order valence-electron chi connectivity index (χ0n) is 14.7. The van der Waals surface area contributed by atoms with Crippen LogP contribution < -0.4 is 4.74 Å². The lowest BCUT2D eigenvalue weighted by molar-refractivity contribution is 0.142. The highest BCUT2D eigenvalue weighted by Crippen LogP contribution is 2.28. The predicted molar refractivity (Wildman–Crippen MR) is 92.0 cm³/mol. The molecule has 2 aromatic rings. The van der Waals surface area contributed by atoms with Gasteiger partial charge in [0.15, 0.2) is 0 Å². The van der Waals surface area contributed by atoms with Gasteiger partial charge in [-0.25, -0.2) is 9.97 Å². The van der Waals surface area contributed by atoms with Crippen molar-refractivity contribution in [3.8, 4) is 5.88 Å². The van der Waals surface area contributed by atoms with Crippen LogP contribution in [0.1, 0.15) is 37.0 Å². The number of pyridine rings is 1. The molecule has 0 spiro atoms. The monoisotopic (exact) mass is 330 g/mol. The van der Waals surface area contributed by atoms with Crippen molar-refractivity contribution < 1.29 is 9.47 Å². The van der Waals surface area contributed by atoms with Crippen LogP contribution in [0.15, 0.2) is 24.5 Å². The van der Waals surface area contributed by atoms with Crippen LogP contribution in [0.4, 0.5) is 0 Å². The van der Waals surface area contributed by atoms with E-state index >= 15 is 0 Å². The lowest BCUT2D eigenvalue weighted by Gasteiger charge is -2.34. The minimum atomic E-state index is 0.268. The van der Waals surface area contributed by atoms with E-state index in [0.29, 0.717) is 5.88 Å². The molecule has 0 radical (unpaired) electrons. The van der Waals surface area contributed by atoms with Gasteiger partial charge in [-0.1, -0.05) is 6.07 Å². The summed E-state index contributed by atoms with van der Waals surface area (Å²) >= 11 is 0. The van der Waals surface area contributed by atoms with E-state index < -0.39 is 0 Å². The predicted octanol–water partition coefficient (Wildman–Crippen LogP) is 2.44. The number of methoxy groups -OCH3 is 1. The Kier molecular flexibility index (Phi) is 5.48. The molecule has 0 aliphatic carbocycles. The van der Waals surface area contributed by atoms with Gasteiger partial charge in [-0.2, -0.15) is 0 Å². The molecular formula is C18H26N4O2. The molecule has 24 heavy (non-hydrogen) atoms. The number of rotatable bonds is 7. The van der Waals surface area contributed by atoms with Crippen LogP contribution in [0.25, 0.3) is 0 Å². The fraction of sp³-hybridized carbons (Fsp3) is 0.556. The van der Waals surface area contributed by atoms with E-state index in [1.54, 1.807) is 13.3 Å². The van der Waals surface area contributed by atoms with Crippen LogP contribution in [0.5, 0.6) is 5.88 Å². The second kappa shape index (κ2) is 7.77. The topological polar surface area (TPSA) is 52.4 Å². The Hall–Kier alpha value is -1.92. The molecule has 0 fully saturated rings. The molecule has 3 heterocycles. The number of hydrogen-bond acceptors (Lipinski definition) is 5. The molecule has 1 atom stereocenters. The maximum atomic E-state index is 5.48. The Morgan fingerprint density at radius 3 is 2.96 bits per heavy atom. The van der Waals surface area contributed by atoms with E-state index in [2.05, 4.69) is 32.4 Å². The van der Waals surface area contributed by atoms with Crippen molar-refractivity contribution in [3.05, 3.63) is 41.6 Å². The first-order valence-electron chi connectivity index (χ1n) is 8.58. The molecule has 6 heteroatoms. The maximum absolute atomic E-state index is 5.48. The van der Waals surface area contributed by atoms with E-state index in [1.165, 1.54) is 5.69 Å². The van der Waals surface area contributed by atoms with Gasteiger partial charge in [0, 0.05) is 56.3 Å². The van der Waals surface area contributed by atoms with Gasteiger partial charge < -0.3 is 14.0 Å². The lowest BCUT2D eigenvalue weighted by Crippen LogP contribution is -2.37. The standard InChI is InChI=1S/C18H26N4O2/c1-4-24-11-7-16-12-20-17-14(2)21(9-10-22(16)17)13-15-6-5-8-19-18(15)23-3/h5-6,8,12,14H,4,7,9-11,13H2,1-3H3. The van der Waals surface area contributed by atoms with Crippen molar-refractivity contribution in [2.75, 3.05) is 26.9 Å². The van der Waals surface area contributed by atoms with Crippen LogP contribution in [0.3, 0.4) is 0 Å². The number of hydrogen-bond donors (Lipinski definition) is 0. The quantitative estimate of drug-likeness (QED) is 0.730. The Bertz CT molecular complexity index is 671. The number of nitrogens with zero attached hydrogens (tertiary/aromatic N) is 4. The third-order valence-corrected chi connectivity index (χ3v) is 4.62. The van der Waals surface area contributed by atoms with Crippen molar-refractivity contribution >= 4 is 0 Å². The fourth-order valence-electron chi connectivity index (χ4n) is 3.29. The molecule has 3 rings (SSSR count). The number of fused-ring (bicyclic) bond motifs is 1. The van der Waals surface area contributed by atoms with Crippen molar-refractivity contribution in [3.63, 3.8) is 0 Å². The minimum absolute atomic E-state index is 0.268. The van der Waals surface area contributed by atoms with Gasteiger partial charge in [0.2, 0.25) is 5.88 Å². The van der Waals surface area contributed by atoms with Crippen molar-refractivity contribution in [1.29, 1.82) is 0 Å². The third-order valence-electron chi connectivity index (χ3n) is 4.62. The Balaban J connectivity index is 1.72. The Labute approximate surface area is 143 Å². The molecule has 0 amide bonds. The van der Waals surface area contributed by atoms with E-state index in [1.807, 2.05) is 19.2 Å². The SMILES string of the molecule is CCOCCc1cnc2n1CCN(Cc1cccnc1OC)C2C. The molecule has 0 saturated heterocycles. The average Bonchev–Trinajstić information content (AvgIpc) is 3.02. The van der Waals surface area contributed by atoms with Crippen LogP contribution >= 0.6 is 0 Å². The number of aromatic nitrogens is 3. The van der Waals surface area contributed by atoms with Gasteiger partial charge in [-0.05, 0) is 19.9 Å². The maximum Gasteiger partial charge on any atom is 0.217 e. The molecular weight excluding hydrogens is 304 g/mol. The molecule has 130 valence electrons. The highest BCUT2D eigenvalue weighted by Gasteiger charge is 2.27. The first-order valence-corrected chi connectivity index (χ1v) is 8.58.